The number of aryl methyl sites for hydroxylation is 2. The fourth-order valence-electron chi connectivity index (χ4n) is 3.88. The van der Waals surface area contributed by atoms with Crippen LogP contribution in [-0.4, -0.2) is 58.5 Å². The summed E-state index contributed by atoms with van der Waals surface area (Å²) in [5.74, 6) is 0.959. The Morgan fingerprint density at radius 3 is 2.88 bits per heavy atom. The lowest BCUT2D eigenvalue weighted by molar-refractivity contribution is -0.0988. The third kappa shape index (κ3) is 3.83. The van der Waals surface area contributed by atoms with Crippen LogP contribution in [0.3, 0.4) is 0 Å². The van der Waals surface area contributed by atoms with Gasteiger partial charge in [-0.3, -0.25) is 4.90 Å². The van der Waals surface area contributed by atoms with Gasteiger partial charge in [0.1, 0.15) is 0 Å². The average molecular weight is 359 g/mol. The van der Waals surface area contributed by atoms with Gasteiger partial charge in [-0.05, 0) is 45.4 Å². The molecule has 0 bridgehead atoms. The van der Waals surface area contributed by atoms with E-state index in [-0.39, 0.29) is 5.60 Å². The lowest BCUT2D eigenvalue weighted by Gasteiger charge is -2.48. The van der Waals surface area contributed by atoms with E-state index in [0.29, 0.717) is 0 Å². The highest BCUT2D eigenvalue weighted by Gasteiger charge is 2.41. The number of morpholine rings is 1. The molecule has 1 unspecified atom stereocenters. The minimum Gasteiger partial charge on any atom is -0.370 e. The first-order chi connectivity index (χ1) is 12.1. The molecule has 0 radical (unpaired) electrons. The zero-order valence-corrected chi connectivity index (χ0v) is 15.8. The van der Waals surface area contributed by atoms with Crippen LogP contribution in [-0.2, 0) is 11.3 Å². The molecule has 1 atom stereocenters. The van der Waals surface area contributed by atoms with E-state index < -0.39 is 0 Å². The van der Waals surface area contributed by atoms with Crippen LogP contribution in [0, 0.1) is 13.8 Å². The van der Waals surface area contributed by atoms with Gasteiger partial charge in [0, 0.05) is 31.6 Å². The van der Waals surface area contributed by atoms with Gasteiger partial charge in [0.25, 0.3) is 0 Å². The van der Waals surface area contributed by atoms with Gasteiger partial charge >= 0.3 is 0 Å². The van der Waals surface area contributed by atoms with Gasteiger partial charge < -0.3 is 9.64 Å². The van der Waals surface area contributed by atoms with Crippen molar-refractivity contribution in [2.45, 2.75) is 38.8 Å². The summed E-state index contributed by atoms with van der Waals surface area (Å²) in [6, 6.07) is 4.10. The molecule has 6 nitrogen and oxygen atoms in total. The van der Waals surface area contributed by atoms with Gasteiger partial charge in [-0.1, -0.05) is 0 Å². The number of aromatic nitrogens is 3. The summed E-state index contributed by atoms with van der Waals surface area (Å²) in [6.07, 6.45) is 2.27. The average Bonchev–Trinajstić information content (AvgIpc) is 3.00. The first kappa shape index (κ1) is 16.9. The Bertz CT molecular complexity index is 715. The van der Waals surface area contributed by atoms with E-state index in [1.54, 1.807) is 11.3 Å². The molecule has 0 amide bonds. The Kier molecular flexibility index (Phi) is 4.71. The summed E-state index contributed by atoms with van der Waals surface area (Å²) < 4.78 is 6.31. The number of anilines is 1. The minimum absolute atomic E-state index is 0.103. The quantitative estimate of drug-likeness (QED) is 0.839. The van der Waals surface area contributed by atoms with Crippen molar-refractivity contribution in [3.8, 4) is 0 Å². The van der Waals surface area contributed by atoms with Crippen molar-refractivity contribution in [3.05, 3.63) is 33.9 Å². The molecule has 2 aromatic heterocycles. The van der Waals surface area contributed by atoms with Crippen LogP contribution in [0.4, 0.5) is 5.82 Å². The van der Waals surface area contributed by atoms with Gasteiger partial charge in [-0.25, -0.2) is 4.98 Å². The zero-order valence-electron chi connectivity index (χ0n) is 14.9. The van der Waals surface area contributed by atoms with E-state index >= 15 is 0 Å². The maximum absolute atomic E-state index is 6.31. The molecule has 134 valence electrons. The number of hydrogen-bond donors (Lipinski definition) is 0. The van der Waals surface area contributed by atoms with Crippen molar-refractivity contribution in [2.75, 3.05) is 37.7 Å². The molecule has 7 heteroatoms. The van der Waals surface area contributed by atoms with Crippen molar-refractivity contribution in [1.82, 2.24) is 20.1 Å². The van der Waals surface area contributed by atoms with Crippen molar-refractivity contribution < 1.29 is 4.74 Å². The number of ether oxygens (including phenoxy) is 1. The normalized spacial score (nSPS) is 24.8. The molecule has 2 aromatic rings. The van der Waals surface area contributed by atoms with E-state index in [2.05, 4.69) is 43.4 Å². The highest BCUT2D eigenvalue weighted by Crippen LogP contribution is 2.31. The SMILES string of the molecule is Cc1ccc(N2CCOC3(CCCN(Cc4csc(C)n4)C3)C2)nn1. The third-order valence-corrected chi connectivity index (χ3v) is 5.85. The number of thiazole rings is 1. The van der Waals surface area contributed by atoms with E-state index in [1.807, 2.05) is 13.0 Å². The van der Waals surface area contributed by atoms with Crippen molar-refractivity contribution in [3.63, 3.8) is 0 Å². The van der Waals surface area contributed by atoms with Crippen LogP contribution < -0.4 is 4.90 Å². The van der Waals surface area contributed by atoms with Crippen LogP contribution in [0.25, 0.3) is 0 Å². The second kappa shape index (κ2) is 6.97. The molecule has 0 aromatic carbocycles. The van der Waals surface area contributed by atoms with Crippen LogP contribution in [0.1, 0.15) is 29.2 Å². The summed E-state index contributed by atoms with van der Waals surface area (Å²) in [5.41, 5.74) is 2.03. The maximum atomic E-state index is 6.31. The molecule has 4 heterocycles. The minimum atomic E-state index is -0.103. The van der Waals surface area contributed by atoms with Gasteiger partial charge in [-0.2, -0.15) is 5.10 Å². The second-order valence-corrected chi connectivity index (χ2v) is 8.22. The Balaban J connectivity index is 1.45. The number of piperidine rings is 1. The second-order valence-electron chi connectivity index (χ2n) is 7.16. The highest BCUT2D eigenvalue weighted by atomic mass is 32.1. The van der Waals surface area contributed by atoms with Gasteiger partial charge in [0.2, 0.25) is 0 Å². The Labute approximate surface area is 152 Å². The van der Waals surface area contributed by atoms with E-state index in [0.717, 1.165) is 68.7 Å². The van der Waals surface area contributed by atoms with Crippen molar-refractivity contribution in [2.24, 2.45) is 0 Å². The topological polar surface area (TPSA) is 54.4 Å². The summed E-state index contributed by atoms with van der Waals surface area (Å²) in [7, 11) is 0. The van der Waals surface area contributed by atoms with Gasteiger partial charge in [0.05, 0.1) is 28.6 Å². The molecule has 2 saturated heterocycles. The third-order valence-electron chi connectivity index (χ3n) is 5.03. The predicted octanol–water partition coefficient (Wildman–Crippen LogP) is 2.42. The Morgan fingerprint density at radius 1 is 1.20 bits per heavy atom. The van der Waals surface area contributed by atoms with Crippen LogP contribution in [0.15, 0.2) is 17.5 Å². The largest absolute Gasteiger partial charge is 0.370 e. The first-order valence-corrected chi connectivity index (χ1v) is 9.83. The molecule has 25 heavy (non-hydrogen) atoms. The Hall–Kier alpha value is -1.57. The number of nitrogens with zero attached hydrogens (tertiary/aromatic N) is 5. The molecule has 0 N–H and O–H groups in total. The molecule has 2 aliphatic rings. The number of likely N-dealkylation sites (tertiary alicyclic amines) is 1. The summed E-state index contributed by atoms with van der Waals surface area (Å²) in [4.78, 5) is 9.43. The van der Waals surface area contributed by atoms with Crippen LogP contribution in [0.2, 0.25) is 0 Å². The van der Waals surface area contributed by atoms with Gasteiger partial charge in [-0.15, -0.1) is 16.4 Å². The molecule has 2 fully saturated rings. The lowest BCUT2D eigenvalue weighted by atomic mass is 9.90. The number of hydrogen-bond acceptors (Lipinski definition) is 7. The first-order valence-electron chi connectivity index (χ1n) is 8.95. The molecule has 4 rings (SSSR count). The lowest BCUT2D eigenvalue weighted by Crippen LogP contribution is -2.59. The number of rotatable bonds is 3. The monoisotopic (exact) mass is 359 g/mol. The maximum Gasteiger partial charge on any atom is 0.151 e. The summed E-state index contributed by atoms with van der Waals surface area (Å²) in [6.45, 7) is 9.54. The highest BCUT2D eigenvalue weighted by molar-refractivity contribution is 7.09. The van der Waals surface area contributed by atoms with Gasteiger partial charge in [0.15, 0.2) is 5.82 Å². The fraction of sp³-hybridized carbons (Fsp3) is 0.611. The molecule has 0 aliphatic carbocycles. The fourth-order valence-corrected chi connectivity index (χ4v) is 4.49. The smallest absolute Gasteiger partial charge is 0.151 e. The summed E-state index contributed by atoms with van der Waals surface area (Å²) in [5, 5.41) is 11.9. The molecule has 1 spiro atoms. The molecule has 2 aliphatic heterocycles. The standard InChI is InChI=1S/C18H25N5OS/c1-14-4-5-17(21-20-14)23-8-9-24-18(13-23)6-3-7-22(12-18)10-16-11-25-15(2)19-16/h4-5,11H,3,6-10,12-13H2,1-2H3. The Morgan fingerprint density at radius 2 is 2.12 bits per heavy atom. The van der Waals surface area contributed by atoms with Crippen LogP contribution >= 0.6 is 11.3 Å². The zero-order chi connectivity index (χ0) is 17.3. The predicted molar refractivity (Wildman–Crippen MR) is 99.0 cm³/mol. The molecular formula is C18H25N5OS. The summed E-state index contributed by atoms with van der Waals surface area (Å²) >= 11 is 1.73. The van der Waals surface area contributed by atoms with E-state index in [1.165, 1.54) is 5.69 Å². The molecular weight excluding hydrogens is 334 g/mol. The van der Waals surface area contributed by atoms with E-state index in [9.17, 15) is 0 Å². The van der Waals surface area contributed by atoms with E-state index in [4.69, 9.17) is 4.74 Å². The van der Waals surface area contributed by atoms with Crippen LogP contribution in [0.5, 0.6) is 0 Å². The molecule has 0 saturated carbocycles. The van der Waals surface area contributed by atoms with Crippen molar-refractivity contribution >= 4 is 17.2 Å². The van der Waals surface area contributed by atoms with Crippen molar-refractivity contribution in [1.29, 1.82) is 0 Å².